The summed E-state index contributed by atoms with van der Waals surface area (Å²) < 4.78 is 71.4. The first kappa shape index (κ1) is 29.6. The molecule has 2 fully saturated rings. The summed E-state index contributed by atoms with van der Waals surface area (Å²) in [6, 6.07) is 6.62. The Morgan fingerprint density at radius 1 is 0.692 bits per heavy atom. The van der Waals surface area contributed by atoms with Crippen LogP contribution in [0.25, 0.3) is 0 Å². The van der Waals surface area contributed by atoms with Crippen molar-refractivity contribution >= 4 is 0 Å². The van der Waals surface area contributed by atoms with Crippen molar-refractivity contribution in [1.82, 2.24) is 0 Å². The number of allylic oxidation sites excluding steroid dienone is 1. The third-order valence-electron chi connectivity index (χ3n) is 8.60. The highest BCUT2D eigenvalue weighted by Crippen LogP contribution is 2.44. The lowest BCUT2D eigenvalue weighted by Gasteiger charge is -2.31. The molecule has 2 aromatic carbocycles. The summed E-state index contributed by atoms with van der Waals surface area (Å²) in [5, 5.41) is 0. The van der Waals surface area contributed by atoms with E-state index in [1.807, 2.05) is 0 Å². The van der Waals surface area contributed by atoms with Gasteiger partial charge in [-0.25, -0.2) is 13.2 Å². The molecular formula is C33H42F4O2. The van der Waals surface area contributed by atoms with Crippen LogP contribution in [0.1, 0.15) is 118 Å². The van der Waals surface area contributed by atoms with Gasteiger partial charge in [0.05, 0.1) is 12.7 Å². The molecule has 4 rings (SSSR count). The lowest BCUT2D eigenvalue weighted by molar-refractivity contribution is 0.0230. The maximum atomic E-state index is 15.3. The van der Waals surface area contributed by atoms with Crippen LogP contribution in [0.15, 0.2) is 36.9 Å². The summed E-state index contributed by atoms with van der Waals surface area (Å²) in [6.45, 7) is 6.83. The van der Waals surface area contributed by atoms with Crippen LogP contribution in [0, 0.1) is 23.3 Å². The second kappa shape index (κ2) is 14.3. The van der Waals surface area contributed by atoms with Crippen LogP contribution in [0.3, 0.4) is 0 Å². The first-order valence-electron chi connectivity index (χ1n) is 14.8. The minimum Gasteiger partial charge on any atom is -0.490 e. The van der Waals surface area contributed by atoms with E-state index in [4.69, 9.17) is 9.47 Å². The maximum Gasteiger partial charge on any atom is 0.200 e. The van der Waals surface area contributed by atoms with Gasteiger partial charge in [-0.15, -0.1) is 6.58 Å². The first-order chi connectivity index (χ1) is 18.9. The molecule has 0 aromatic heterocycles. The zero-order chi connectivity index (χ0) is 27.8. The molecule has 0 saturated heterocycles. The van der Waals surface area contributed by atoms with E-state index >= 15 is 8.78 Å². The van der Waals surface area contributed by atoms with E-state index in [1.165, 1.54) is 6.07 Å². The lowest BCUT2D eigenvalue weighted by atomic mass is 9.75. The fourth-order valence-corrected chi connectivity index (χ4v) is 6.24. The number of benzene rings is 2. The molecule has 0 N–H and O–H groups in total. The van der Waals surface area contributed by atoms with Crippen LogP contribution in [0.2, 0.25) is 0 Å². The summed E-state index contributed by atoms with van der Waals surface area (Å²) in [4.78, 5) is 0. The van der Waals surface area contributed by atoms with Crippen molar-refractivity contribution in [3.8, 4) is 5.75 Å². The minimum atomic E-state index is -0.960. The van der Waals surface area contributed by atoms with Gasteiger partial charge in [0.2, 0.25) is 5.82 Å². The molecule has 2 saturated carbocycles. The average Bonchev–Trinajstić information content (AvgIpc) is 2.96. The van der Waals surface area contributed by atoms with Gasteiger partial charge >= 0.3 is 0 Å². The summed E-state index contributed by atoms with van der Waals surface area (Å²) in [7, 11) is 0. The lowest BCUT2D eigenvalue weighted by Crippen LogP contribution is -2.22. The smallest absolute Gasteiger partial charge is 0.200 e. The molecule has 39 heavy (non-hydrogen) atoms. The summed E-state index contributed by atoms with van der Waals surface area (Å²) >= 11 is 0. The molecule has 0 bridgehead atoms. The predicted molar refractivity (Wildman–Crippen MR) is 147 cm³/mol. The molecule has 0 spiro atoms. The number of hydrogen-bond acceptors (Lipinski definition) is 2. The van der Waals surface area contributed by atoms with Gasteiger partial charge in [-0.3, -0.25) is 0 Å². The van der Waals surface area contributed by atoms with E-state index in [0.29, 0.717) is 55.4 Å². The predicted octanol–water partition coefficient (Wildman–Crippen LogP) is 9.87. The molecule has 214 valence electrons. The van der Waals surface area contributed by atoms with Gasteiger partial charge in [-0.2, -0.15) is 4.39 Å². The number of unbranched alkanes of at least 4 members (excludes halogenated alkanes) is 2. The molecule has 0 amide bonds. The monoisotopic (exact) mass is 546 g/mol. The van der Waals surface area contributed by atoms with E-state index in [0.717, 1.165) is 51.6 Å². The Labute approximate surface area is 230 Å². The Kier molecular flexibility index (Phi) is 10.9. The van der Waals surface area contributed by atoms with Crippen LogP contribution in [0.5, 0.6) is 5.75 Å². The van der Waals surface area contributed by atoms with Gasteiger partial charge in [0.1, 0.15) is 0 Å². The van der Waals surface area contributed by atoms with Crippen molar-refractivity contribution in [1.29, 1.82) is 0 Å². The van der Waals surface area contributed by atoms with Crippen LogP contribution in [-0.2, 0) is 4.74 Å². The van der Waals surface area contributed by atoms with E-state index in [1.54, 1.807) is 24.3 Å². The molecule has 2 nitrogen and oxygen atoms in total. The fraction of sp³-hybridized carbons (Fsp3) is 0.576. The quantitative estimate of drug-likeness (QED) is 0.150. The van der Waals surface area contributed by atoms with Gasteiger partial charge in [-0.1, -0.05) is 37.6 Å². The van der Waals surface area contributed by atoms with Crippen LogP contribution in [-0.4, -0.2) is 19.3 Å². The number of halogens is 4. The van der Waals surface area contributed by atoms with Crippen molar-refractivity contribution in [3.63, 3.8) is 0 Å². The standard InChI is InChI=1S/C33H42F4O2/c1-3-5-7-21-39-29-19-18-28(32(36)33(29)37)23-10-8-22(9-11-23)26-16-17-27(31(35)30(26)34)24-12-14-25(15-13-24)38-20-6-4-2/h3,16-19,22-25H,1,4-15,20-21H2,2H3. The third kappa shape index (κ3) is 7.25. The Morgan fingerprint density at radius 2 is 1.18 bits per heavy atom. The van der Waals surface area contributed by atoms with Gasteiger partial charge < -0.3 is 9.47 Å². The molecule has 0 heterocycles. The highest BCUT2D eigenvalue weighted by Gasteiger charge is 2.31. The van der Waals surface area contributed by atoms with E-state index < -0.39 is 23.3 Å². The van der Waals surface area contributed by atoms with Crippen molar-refractivity contribution in [3.05, 3.63) is 76.9 Å². The van der Waals surface area contributed by atoms with E-state index in [9.17, 15) is 8.78 Å². The third-order valence-corrected chi connectivity index (χ3v) is 8.60. The van der Waals surface area contributed by atoms with Crippen molar-refractivity contribution in [2.24, 2.45) is 0 Å². The largest absolute Gasteiger partial charge is 0.490 e. The van der Waals surface area contributed by atoms with E-state index in [2.05, 4.69) is 13.5 Å². The molecule has 0 radical (unpaired) electrons. The van der Waals surface area contributed by atoms with Crippen LogP contribution in [0.4, 0.5) is 17.6 Å². The first-order valence-corrected chi connectivity index (χ1v) is 14.8. The SMILES string of the molecule is C=CCCCOc1ccc(C2CCC(c3ccc(C4CCC(OCCCC)CC4)c(F)c3F)CC2)c(F)c1F. The van der Waals surface area contributed by atoms with E-state index in [-0.39, 0.29) is 29.6 Å². The topological polar surface area (TPSA) is 18.5 Å². The average molecular weight is 547 g/mol. The molecule has 2 aromatic rings. The molecule has 0 atom stereocenters. The zero-order valence-electron chi connectivity index (χ0n) is 23.1. The number of rotatable bonds is 12. The zero-order valence-corrected chi connectivity index (χ0v) is 23.1. The van der Waals surface area contributed by atoms with Crippen molar-refractivity contribution in [2.75, 3.05) is 13.2 Å². The summed E-state index contributed by atoms with van der Waals surface area (Å²) in [5.41, 5.74) is 1.21. The van der Waals surface area contributed by atoms with Gasteiger partial charge in [-0.05, 0) is 111 Å². The van der Waals surface area contributed by atoms with Gasteiger partial charge in [0.25, 0.3) is 0 Å². The molecular weight excluding hydrogens is 504 g/mol. The van der Waals surface area contributed by atoms with Crippen LogP contribution >= 0.6 is 0 Å². The Hall–Kier alpha value is -2.34. The molecule has 6 heteroatoms. The number of hydrogen-bond donors (Lipinski definition) is 0. The molecule has 0 unspecified atom stereocenters. The molecule has 0 aliphatic heterocycles. The number of ether oxygens (including phenoxy) is 2. The molecule has 2 aliphatic rings. The fourth-order valence-electron chi connectivity index (χ4n) is 6.24. The van der Waals surface area contributed by atoms with Crippen molar-refractivity contribution in [2.45, 2.75) is 108 Å². The normalized spacial score (nSPS) is 23.5. The second-order valence-corrected chi connectivity index (χ2v) is 11.2. The Morgan fingerprint density at radius 3 is 1.69 bits per heavy atom. The summed E-state index contributed by atoms with van der Waals surface area (Å²) in [6.07, 6.45) is 11.3. The van der Waals surface area contributed by atoms with Gasteiger partial charge in [0.15, 0.2) is 23.2 Å². The van der Waals surface area contributed by atoms with Gasteiger partial charge in [0, 0.05) is 6.61 Å². The van der Waals surface area contributed by atoms with Crippen LogP contribution < -0.4 is 4.74 Å². The highest BCUT2D eigenvalue weighted by atomic mass is 19.2. The minimum absolute atomic E-state index is 0.0159. The Bertz CT molecular complexity index is 1090. The van der Waals surface area contributed by atoms with Crippen molar-refractivity contribution < 1.29 is 27.0 Å². The summed E-state index contributed by atoms with van der Waals surface area (Å²) in [5.74, 6) is -3.65. The maximum absolute atomic E-state index is 15.3. The second-order valence-electron chi connectivity index (χ2n) is 11.2. The molecule has 2 aliphatic carbocycles. The highest BCUT2D eigenvalue weighted by molar-refractivity contribution is 5.35. The Balaban J connectivity index is 1.34.